The molecule has 16 heavy (non-hydrogen) atoms. The minimum absolute atomic E-state index is 0.141. The molecule has 0 unspecified atom stereocenters. The molecule has 0 spiro atoms. The van der Waals surface area contributed by atoms with Crippen LogP contribution < -0.4 is 10.7 Å². The Morgan fingerprint density at radius 1 is 1.50 bits per heavy atom. The molecule has 0 aromatic heterocycles. The van der Waals surface area contributed by atoms with Gasteiger partial charge in [0, 0.05) is 31.8 Å². The van der Waals surface area contributed by atoms with Crippen LogP contribution in [0.1, 0.15) is 10.4 Å². The van der Waals surface area contributed by atoms with Gasteiger partial charge in [-0.3, -0.25) is 14.9 Å². The number of carbonyl (C=O) groups is 1. The minimum Gasteiger partial charge on any atom is -0.404 e. The Kier molecular flexibility index (Phi) is 3.41. The number of benzene rings is 1. The molecule has 1 rings (SSSR count). The first-order valence-electron chi connectivity index (χ1n) is 4.34. The maximum Gasteiger partial charge on any atom is 0.313 e. The van der Waals surface area contributed by atoms with Crippen molar-refractivity contribution in [3.63, 3.8) is 0 Å². The average molecular weight is 225 g/mol. The van der Waals surface area contributed by atoms with Crippen molar-refractivity contribution in [2.24, 2.45) is 5.90 Å². The minimum atomic E-state index is -0.633. The van der Waals surface area contributed by atoms with Crippen molar-refractivity contribution in [3.8, 4) is 5.75 Å². The van der Waals surface area contributed by atoms with Crippen LogP contribution in [0.15, 0.2) is 18.2 Å². The van der Waals surface area contributed by atoms with Gasteiger partial charge in [0.1, 0.15) is 0 Å². The van der Waals surface area contributed by atoms with Crippen LogP contribution in [0.2, 0.25) is 0 Å². The van der Waals surface area contributed by atoms with Gasteiger partial charge in [0.2, 0.25) is 5.75 Å². The van der Waals surface area contributed by atoms with Crippen LogP contribution in [0.25, 0.3) is 0 Å². The summed E-state index contributed by atoms with van der Waals surface area (Å²) in [7, 11) is 3.15. The molecule has 1 aromatic rings. The second kappa shape index (κ2) is 4.58. The van der Waals surface area contributed by atoms with E-state index in [-0.39, 0.29) is 22.9 Å². The van der Waals surface area contributed by atoms with Crippen molar-refractivity contribution in [3.05, 3.63) is 33.9 Å². The van der Waals surface area contributed by atoms with Gasteiger partial charge >= 0.3 is 5.69 Å². The van der Waals surface area contributed by atoms with E-state index in [0.29, 0.717) is 0 Å². The molecule has 86 valence electrons. The first kappa shape index (κ1) is 11.9. The van der Waals surface area contributed by atoms with Crippen LogP contribution in [0.3, 0.4) is 0 Å². The number of rotatable bonds is 3. The summed E-state index contributed by atoms with van der Waals surface area (Å²) in [6.45, 7) is 0. The highest BCUT2D eigenvalue weighted by Crippen LogP contribution is 2.27. The van der Waals surface area contributed by atoms with E-state index in [2.05, 4.69) is 4.84 Å². The summed E-state index contributed by atoms with van der Waals surface area (Å²) in [5.41, 5.74) is -0.00569. The van der Waals surface area contributed by atoms with Gasteiger partial charge in [-0.1, -0.05) is 0 Å². The summed E-state index contributed by atoms with van der Waals surface area (Å²) in [6, 6.07) is 3.77. The number of carbonyl (C=O) groups excluding carboxylic acids is 1. The highest BCUT2D eigenvalue weighted by Gasteiger charge is 2.18. The summed E-state index contributed by atoms with van der Waals surface area (Å²) in [5, 5.41) is 10.6. The molecule has 1 aromatic carbocycles. The Balaban J connectivity index is 3.19. The van der Waals surface area contributed by atoms with Crippen LogP contribution in [0.5, 0.6) is 5.75 Å². The number of nitrogens with two attached hydrogens (primary N) is 1. The average Bonchev–Trinajstić information content (AvgIpc) is 2.26. The van der Waals surface area contributed by atoms with E-state index in [1.807, 2.05) is 0 Å². The van der Waals surface area contributed by atoms with E-state index in [9.17, 15) is 14.9 Å². The predicted octanol–water partition coefficient (Wildman–Crippen LogP) is 0.549. The third kappa shape index (κ3) is 2.26. The largest absolute Gasteiger partial charge is 0.404 e. The fraction of sp³-hybridized carbons (Fsp3) is 0.222. The molecule has 0 aliphatic heterocycles. The highest BCUT2D eigenvalue weighted by molar-refractivity contribution is 5.94. The maximum atomic E-state index is 11.6. The van der Waals surface area contributed by atoms with Crippen LogP contribution in [0, 0.1) is 10.1 Å². The van der Waals surface area contributed by atoms with Crippen molar-refractivity contribution in [2.75, 3.05) is 14.1 Å². The molecule has 0 atom stereocenters. The molecule has 7 nitrogen and oxygen atoms in total. The molecule has 0 bridgehead atoms. The third-order valence-corrected chi connectivity index (χ3v) is 1.94. The number of nitro groups is 1. The Hall–Kier alpha value is -2.15. The van der Waals surface area contributed by atoms with Gasteiger partial charge in [-0.15, -0.1) is 0 Å². The van der Waals surface area contributed by atoms with Gasteiger partial charge < -0.3 is 9.74 Å². The molecule has 0 saturated carbocycles. The SMILES string of the molecule is CN(C)C(=O)c1ccc([N+](=O)[O-])c(ON)c1. The van der Waals surface area contributed by atoms with Crippen LogP contribution in [-0.4, -0.2) is 29.8 Å². The third-order valence-electron chi connectivity index (χ3n) is 1.94. The fourth-order valence-corrected chi connectivity index (χ4v) is 1.15. The molecule has 7 heteroatoms. The zero-order chi connectivity index (χ0) is 12.3. The fourth-order valence-electron chi connectivity index (χ4n) is 1.15. The van der Waals surface area contributed by atoms with Crippen molar-refractivity contribution in [1.29, 1.82) is 0 Å². The monoisotopic (exact) mass is 225 g/mol. The Labute approximate surface area is 91.5 Å². The lowest BCUT2D eigenvalue weighted by molar-refractivity contribution is -0.385. The smallest absolute Gasteiger partial charge is 0.313 e. The maximum absolute atomic E-state index is 11.6. The summed E-state index contributed by atoms with van der Waals surface area (Å²) >= 11 is 0. The van der Waals surface area contributed by atoms with Crippen molar-refractivity contribution in [1.82, 2.24) is 4.90 Å². The lowest BCUT2D eigenvalue weighted by Gasteiger charge is -2.10. The molecule has 0 heterocycles. The molecule has 0 saturated heterocycles. The summed E-state index contributed by atoms with van der Waals surface area (Å²) in [5.74, 6) is 4.48. The van der Waals surface area contributed by atoms with E-state index in [4.69, 9.17) is 5.90 Å². The van der Waals surface area contributed by atoms with Crippen molar-refractivity contribution >= 4 is 11.6 Å². The van der Waals surface area contributed by atoms with Gasteiger partial charge in [0.25, 0.3) is 5.91 Å². The lowest BCUT2D eigenvalue weighted by atomic mass is 10.1. The van der Waals surface area contributed by atoms with Crippen molar-refractivity contribution in [2.45, 2.75) is 0 Å². The molecule has 1 amide bonds. The number of hydrogen-bond acceptors (Lipinski definition) is 5. The predicted molar refractivity (Wildman–Crippen MR) is 55.9 cm³/mol. The van der Waals surface area contributed by atoms with Crippen LogP contribution in [0.4, 0.5) is 5.69 Å². The van der Waals surface area contributed by atoms with Crippen LogP contribution >= 0.6 is 0 Å². The molecular formula is C9H11N3O4. The van der Waals surface area contributed by atoms with E-state index in [1.54, 1.807) is 14.1 Å². The zero-order valence-corrected chi connectivity index (χ0v) is 8.84. The van der Waals surface area contributed by atoms with Gasteiger partial charge in [-0.25, -0.2) is 0 Å². The standard InChI is InChI=1S/C9H11N3O4/c1-11(2)9(13)6-3-4-7(12(14)15)8(5-6)16-10/h3-5H,10H2,1-2H3. The van der Waals surface area contributed by atoms with E-state index < -0.39 is 4.92 Å². The second-order valence-corrected chi connectivity index (χ2v) is 3.26. The molecule has 0 fully saturated rings. The first-order valence-corrected chi connectivity index (χ1v) is 4.34. The summed E-state index contributed by atoms with van der Waals surface area (Å²) in [4.78, 5) is 27.2. The highest BCUT2D eigenvalue weighted by atomic mass is 16.6. The molecule has 0 aliphatic rings. The normalized spacial score (nSPS) is 9.69. The second-order valence-electron chi connectivity index (χ2n) is 3.26. The quantitative estimate of drug-likeness (QED) is 0.598. The first-order chi connectivity index (χ1) is 7.47. The Morgan fingerprint density at radius 2 is 2.12 bits per heavy atom. The topological polar surface area (TPSA) is 98.7 Å². The van der Waals surface area contributed by atoms with E-state index >= 15 is 0 Å². The molecule has 2 N–H and O–H groups in total. The Morgan fingerprint density at radius 3 is 2.56 bits per heavy atom. The van der Waals surface area contributed by atoms with Crippen molar-refractivity contribution < 1.29 is 14.6 Å². The van der Waals surface area contributed by atoms with Crippen LogP contribution in [-0.2, 0) is 0 Å². The zero-order valence-electron chi connectivity index (χ0n) is 8.84. The number of amides is 1. The number of nitro benzene ring substituents is 1. The molecule has 0 aliphatic carbocycles. The van der Waals surface area contributed by atoms with Gasteiger partial charge in [0.05, 0.1) is 4.92 Å². The summed E-state index contributed by atoms with van der Waals surface area (Å²) in [6.07, 6.45) is 0. The Bertz CT molecular complexity index is 431. The van der Waals surface area contributed by atoms with E-state index in [1.165, 1.54) is 23.1 Å². The lowest BCUT2D eigenvalue weighted by Crippen LogP contribution is -2.21. The van der Waals surface area contributed by atoms with Gasteiger partial charge in [-0.05, 0) is 6.07 Å². The number of nitrogens with zero attached hydrogens (tertiary/aromatic N) is 2. The summed E-state index contributed by atoms with van der Waals surface area (Å²) < 4.78 is 0. The molecule has 0 radical (unpaired) electrons. The number of hydrogen-bond donors (Lipinski definition) is 1. The molecular weight excluding hydrogens is 214 g/mol. The van der Waals surface area contributed by atoms with Gasteiger partial charge in [-0.2, -0.15) is 5.90 Å². The van der Waals surface area contributed by atoms with Gasteiger partial charge in [0.15, 0.2) is 0 Å². The van der Waals surface area contributed by atoms with E-state index in [0.717, 1.165) is 0 Å².